The highest BCUT2D eigenvalue weighted by Crippen LogP contribution is 2.38. The molecule has 37 heavy (non-hydrogen) atoms. The van der Waals surface area contributed by atoms with E-state index in [0.717, 1.165) is 34.0 Å². The lowest BCUT2D eigenvalue weighted by Gasteiger charge is -2.31. The van der Waals surface area contributed by atoms with Crippen LogP contribution in [0, 0.1) is 13.8 Å². The summed E-state index contributed by atoms with van der Waals surface area (Å²) in [6.45, 7) is 4.47. The van der Waals surface area contributed by atoms with Crippen LogP contribution in [0.25, 0.3) is 11.5 Å². The molecule has 6 nitrogen and oxygen atoms in total. The Hall–Kier alpha value is -4.29. The molecular formula is C30H26ClN5O. The molecule has 1 aliphatic heterocycles. The number of hydrogen-bond acceptors (Lipinski definition) is 2. The molecule has 0 bridgehead atoms. The molecule has 0 aliphatic carbocycles. The average molecular weight is 508 g/mol. The Morgan fingerprint density at radius 2 is 1.65 bits per heavy atom. The number of carbonyl (C=O) groups excluding carboxylic acids is 1. The first-order valence-electron chi connectivity index (χ1n) is 12.2. The van der Waals surface area contributed by atoms with Crippen molar-refractivity contribution in [3.8, 4) is 11.5 Å². The molecule has 184 valence electrons. The van der Waals surface area contributed by atoms with Gasteiger partial charge in [-0.25, -0.2) is 9.48 Å². The number of aryl methyl sites for hydroxylation is 2. The second-order valence-electron chi connectivity index (χ2n) is 9.32. The number of rotatable bonds is 3. The van der Waals surface area contributed by atoms with Gasteiger partial charge in [-0.1, -0.05) is 59.6 Å². The van der Waals surface area contributed by atoms with E-state index < -0.39 is 0 Å². The minimum atomic E-state index is -0.307. The minimum absolute atomic E-state index is 0.194. The highest BCUT2D eigenvalue weighted by atomic mass is 35.5. The number of nitrogens with one attached hydrogen (secondary N) is 1. The van der Waals surface area contributed by atoms with Gasteiger partial charge in [0.15, 0.2) is 0 Å². The first-order valence-corrected chi connectivity index (χ1v) is 12.6. The number of nitrogens with zero attached hydrogens (tertiary/aromatic N) is 4. The summed E-state index contributed by atoms with van der Waals surface area (Å²) in [5.74, 6) is 0.947. The van der Waals surface area contributed by atoms with Gasteiger partial charge in [0.1, 0.15) is 5.82 Å². The third-order valence-corrected chi connectivity index (χ3v) is 7.09. The highest BCUT2D eigenvalue weighted by Gasteiger charge is 2.36. The second-order valence-corrected chi connectivity index (χ2v) is 9.75. The topological polar surface area (TPSA) is 55.1 Å². The van der Waals surface area contributed by atoms with Crippen LogP contribution < -0.4 is 5.32 Å². The number of amides is 2. The summed E-state index contributed by atoms with van der Waals surface area (Å²) >= 11 is 6.07. The smallest absolute Gasteiger partial charge is 0.308 e. The summed E-state index contributed by atoms with van der Waals surface area (Å²) in [5, 5.41) is 8.61. The van der Waals surface area contributed by atoms with Crippen LogP contribution in [0.2, 0.25) is 5.02 Å². The summed E-state index contributed by atoms with van der Waals surface area (Å²) in [6, 6.07) is 29.3. The molecule has 7 heteroatoms. The fraction of sp³-hybridized carbons (Fsp3) is 0.133. The maximum atomic E-state index is 13.9. The van der Waals surface area contributed by atoms with Gasteiger partial charge in [-0.15, -0.1) is 0 Å². The SMILES string of the molecule is Cc1ccc([C@@H]2c3cccn3-c3c(c(C)nn3-c3ccccc3)CN2C(=O)Nc2ccc(Cl)cc2)cc1. The lowest BCUT2D eigenvalue weighted by Crippen LogP contribution is -2.38. The number of anilines is 1. The molecule has 2 amide bonds. The summed E-state index contributed by atoms with van der Waals surface area (Å²) in [4.78, 5) is 15.8. The van der Waals surface area contributed by atoms with Gasteiger partial charge in [0.2, 0.25) is 0 Å². The van der Waals surface area contributed by atoms with E-state index in [0.29, 0.717) is 17.3 Å². The Kier molecular flexibility index (Phi) is 5.81. The van der Waals surface area contributed by atoms with E-state index in [-0.39, 0.29) is 12.1 Å². The van der Waals surface area contributed by atoms with Crippen LogP contribution in [0.5, 0.6) is 0 Å². The first kappa shape index (κ1) is 23.1. The molecular weight excluding hydrogens is 482 g/mol. The highest BCUT2D eigenvalue weighted by molar-refractivity contribution is 6.30. The van der Waals surface area contributed by atoms with Gasteiger partial charge in [0.05, 0.1) is 29.7 Å². The van der Waals surface area contributed by atoms with E-state index in [4.69, 9.17) is 16.7 Å². The zero-order chi connectivity index (χ0) is 25.5. The average Bonchev–Trinajstić information content (AvgIpc) is 3.47. The Morgan fingerprint density at radius 3 is 2.38 bits per heavy atom. The van der Waals surface area contributed by atoms with Crippen LogP contribution in [0.4, 0.5) is 10.5 Å². The van der Waals surface area contributed by atoms with E-state index in [1.165, 1.54) is 5.56 Å². The zero-order valence-corrected chi connectivity index (χ0v) is 21.4. The summed E-state index contributed by atoms with van der Waals surface area (Å²) in [6.07, 6.45) is 2.05. The molecule has 1 aliphatic rings. The molecule has 1 atom stereocenters. The maximum absolute atomic E-state index is 13.9. The molecule has 0 saturated carbocycles. The van der Waals surface area contributed by atoms with Crippen LogP contribution in [0.1, 0.15) is 34.1 Å². The monoisotopic (exact) mass is 507 g/mol. The van der Waals surface area contributed by atoms with Gasteiger partial charge in [-0.3, -0.25) is 0 Å². The number of aromatic nitrogens is 3. The van der Waals surface area contributed by atoms with Gasteiger partial charge >= 0.3 is 6.03 Å². The standard InChI is InChI=1S/C30H26ClN5O/c1-20-10-12-22(13-11-20)28-27-9-6-18-34(27)29-26(21(2)33-36(29)25-7-4-3-5-8-25)19-35(28)30(37)32-24-16-14-23(31)15-17-24/h3-18,28H,19H2,1-2H3,(H,32,37)/t28-/m1/s1. The number of hydrogen-bond donors (Lipinski definition) is 1. The quantitative estimate of drug-likeness (QED) is 0.284. The maximum Gasteiger partial charge on any atom is 0.322 e. The van der Waals surface area contributed by atoms with Gasteiger partial charge in [0, 0.05) is 22.5 Å². The fourth-order valence-corrected chi connectivity index (χ4v) is 5.10. The lowest BCUT2D eigenvalue weighted by molar-refractivity contribution is 0.194. The molecule has 6 rings (SSSR count). The van der Waals surface area contributed by atoms with Crippen molar-refractivity contribution in [2.45, 2.75) is 26.4 Å². The van der Waals surface area contributed by atoms with E-state index in [9.17, 15) is 4.79 Å². The number of para-hydroxylation sites is 1. The molecule has 2 aromatic heterocycles. The number of carbonyl (C=O) groups is 1. The molecule has 0 spiro atoms. The van der Waals surface area contributed by atoms with Crippen molar-refractivity contribution in [1.29, 1.82) is 0 Å². The molecule has 5 aromatic rings. The van der Waals surface area contributed by atoms with Crippen LogP contribution in [0.15, 0.2) is 97.2 Å². The minimum Gasteiger partial charge on any atom is -0.308 e. The fourth-order valence-electron chi connectivity index (χ4n) is 4.98. The number of fused-ring (bicyclic) bond motifs is 3. The van der Waals surface area contributed by atoms with Crippen molar-refractivity contribution >= 4 is 23.3 Å². The lowest BCUT2D eigenvalue weighted by atomic mass is 10.0. The van der Waals surface area contributed by atoms with Gasteiger partial charge in [0.25, 0.3) is 0 Å². The van der Waals surface area contributed by atoms with Crippen molar-refractivity contribution in [2.75, 3.05) is 5.32 Å². The van der Waals surface area contributed by atoms with Crippen LogP contribution in [-0.2, 0) is 6.54 Å². The molecule has 3 heterocycles. The number of benzene rings is 3. The third kappa shape index (κ3) is 4.19. The van der Waals surface area contributed by atoms with Crippen molar-refractivity contribution in [3.05, 3.63) is 130 Å². The van der Waals surface area contributed by atoms with Crippen LogP contribution in [0.3, 0.4) is 0 Å². The summed E-state index contributed by atoms with van der Waals surface area (Å²) in [7, 11) is 0. The molecule has 0 fully saturated rings. The van der Waals surface area contributed by atoms with Crippen molar-refractivity contribution in [2.24, 2.45) is 0 Å². The van der Waals surface area contributed by atoms with Gasteiger partial charge in [-0.2, -0.15) is 5.10 Å². The molecule has 1 N–H and O–H groups in total. The van der Waals surface area contributed by atoms with Crippen LogP contribution in [-0.4, -0.2) is 25.3 Å². The predicted molar refractivity (Wildman–Crippen MR) is 147 cm³/mol. The Morgan fingerprint density at radius 1 is 0.919 bits per heavy atom. The Labute approximate surface area is 220 Å². The molecule has 0 unspecified atom stereocenters. The van der Waals surface area contributed by atoms with Gasteiger partial charge < -0.3 is 14.8 Å². The largest absolute Gasteiger partial charge is 0.322 e. The normalized spacial score (nSPS) is 14.6. The van der Waals surface area contributed by atoms with Gasteiger partial charge in [-0.05, 0) is 67.9 Å². The molecule has 0 saturated heterocycles. The predicted octanol–water partition coefficient (Wildman–Crippen LogP) is 7.07. The summed E-state index contributed by atoms with van der Waals surface area (Å²) < 4.78 is 4.14. The molecule has 3 aromatic carbocycles. The van der Waals surface area contributed by atoms with E-state index in [1.54, 1.807) is 12.1 Å². The Balaban J connectivity index is 1.53. The van der Waals surface area contributed by atoms with E-state index in [2.05, 4.69) is 53.3 Å². The van der Waals surface area contributed by atoms with Crippen molar-refractivity contribution in [1.82, 2.24) is 19.2 Å². The third-order valence-electron chi connectivity index (χ3n) is 6.84. The van der Waals surface area contributed by atoms with E-state index in [1.807, 2.05) is 65.0 Å². The Bertz CT molecular complexity index is 1570. The zero-order valence-electron chi connectivity index (χ0n) is 20.6. The van der Waals surface area contributed by atoms with E-state index >= 15 is 0 Å². The molecule has 0 radical (unpaired) electrons. The van der Waals surface area contributed by atoms with Crippen molar-refractivity contribution < 1.29 is 4.79 Å². The van der Waals surface area contributed by atoms with Crippen LogP contribution >= 0.6 is 11.6 Å². The number of halogens is 1. The second kappa shape index (κ2) is 9.30. The number of urea groups is 1. The summed E-state index contributed by atoms with van der Waals surface area (Å²) in [5.41, 5.74) is 6.74. The van der Waals surface area contributed by atoms with Crippen molar-refractivity contribution in [3.63, 3.8) is 0 Å². The first-order chi connectivity index (χ1) is 18.0.